The molecule has 1 aromatic rings. The summed E-state index contributed by atoms with van der Waals surface area (Å²) in [7, 11) is -3.34. The van der Waals surface area contributed by atoms with E-state index >= 15 is 0 Å². The molecule has 0 bridgehead atoms. The Kier molecular flexibility index (Phi) is 5.48. The summed E-state index contributed by atoms with van der Waals surface area (Å²) in [6.45, 7) is 3.98. The van der Waals surface area contributed by atoms with Gasteiger partial charge in [0, 0.05) is 6.04 Å². The smallest absolute Gasteiger partial charge is 0.185 e. The molecule has 120 valence electrons. The number of anilines is 2. The maximum absolute atomic E-state index is 12.3. The van der Waals surface area contributed by atoms with Gasteiger partial charge in [-0.25, -0.2) is 8.42 Å². The highest BCUT2D eigenvalue weighted by molar-refractivity contribution is 7.91. The van der Waals surface area contributed by atoms with Crippen LogP contribution in [0, 0.1) is 5.92 Å². The zero-order valence-corrected chi connectivity index (χ0v) is 14.4. The first-order valence-electron chi connectivity index (χ1n) is 7.70. The molecule has 1 aromatic heterocycles. The number of sulfone groups is 1. The molecule has 0 saturated heterocycles. The van der Waals surface area contributed by atoms with Crippen molar-refractivity contribution >= 4 is 32.2 Å². The van der Waals surface area contributed by atoms with E-state index in [2.05, 4.69) is 16.6 Å². The van der Waals surface area contributed by atoms with Crippen molar-refractivity contribution in [3.8, 4) is 0 Å². The van der Waals surface area contributed by atoms with Crippen LogP contribution < -0.4 is 11.1 Å². The van der Waals surface area contributed by atoms with Crippen LogP contribution in [0.5, 0.6) is 0 Å². The second kappa shape index (κ2) is 6.96. The normalized spacial score (nSPS) is 18.6. The van der Waals surface area contributed by atoms with Crippen molar-refractivity contribution in [1.29, 1.82) is 0 Å². The van der Waals surface area contributed by atoms with Crippen LogP contribution in [0.2, 0.25) is 0 Å². The van der Waals surface area contributed by atoms with E-state index in [-0.39, 0.29) is 22.5 Å². The molecule has 0 aliphatic heterocycles. The minimum absolute atomic E-state index is 0.113. The molecule has 2 rings (SSSR count). The molecule has 0 aromatic carbocycles. The Labute approximate surface area is 131 Å². The van der Waals surface area contributed by atoms with Crippen LogP contribution in [-0.2, 0) is 9.84 Å². The highest BCUT2D eigenvalue weighted by atomic mass is 32.2. The molecule has 5 nitrogen and oxygen atoms in total. The van der Waals surface area contributed by atoms with E-state index in [0.717, 1.165) is 11.5 Å². The molecule has 1 fully saturated rings. The lowest BCUT2D eigenvalue weighted by Gasteiger charge is -2.28. The van der Waals surface area contributed by atoms with Crippen molar-refractivity contribution in [3.63, 3.8) is 0 Å². The van der Waals surface area contributed by atoms with Gasteiger partial charge in [-0.2, -0.15) is 4.37 Å². The third kappa shape index (κ3) is 3.88. The summed E-state index contributed by atoms with van der Waals surface area (Å²) >= 11 is 1.16. The van der Waals surface area contributed by atoms with Crippen LogP contribution in [0.3, 0.4) is 0 Å². The summed E-state index contributed by atoms with van der Waals surface area (Å²) in [4.78, 5) is 0.206. The predicted octanol–water partition coefficient (Wildman–Crippen LogP) is 3.29. The van der Waals surface area contributed by atoms with Crippen LogP contribution >= 0.6 is 11.5 Å². The summed E-state index contributed by atoms with van der Waals surface area (Å²) in [5.74, 6) is 0.845. The fourth-order valence-electron chi connectivity index (χ4n) is 3.02. The molecule has 1 atom stereocenters. The standard InChI is InChI=1S/C14H25N3O2S2/c1-3-9-21(18,19)12-13(15)17-20-14(12)16-10(2)11-7-5-4-6-8-11/h10-11,16H,3-9H2,1-2H3,(H2,15,17). The van der Waals surface area contributed by atoms with Crippen molar-refractivity contribution in [3.05, 3.63) is 0 Å². The van der Waals surface area contributed by atoms with Crippen molar-refractivity contribution in [2.24, 2.45) is 5.92 Å². The fraction of sp³-hybridized carbons (Fsp3) is 0.786. The maximum Gasteiger partial charge on any atom is 0.185 e. The van der Waals surface area contributed by atoms with E-state index in [9.17, 15) is 8.42 Å². The second-order valence-electron chi connectivity index (χ2n) is 5.88. The van der Waals surface area contributed by atoms with E-state index in [1.165, 1.54) is 32.1 Å². The van der Waals surface area contributed by atoms with Gasteiger partial charge in [-0.15, -0.1) is 0 Å². The first kappa shape index (κ1) is 16.5. The predicted molar refractivity (Wildman–Crippen MR) is 88.5 cm³/mol. The Balaban J connectivity index is 2.17. The van der Waals surface area contributed by atoms with Crippen LogP contribution in [0.15, 0.2) is 4.90 Å². The lowest BCUT2D eigenvalue weighted by Crippen LogP contribution is -2.28. The SMILES string of the molecule is CCCS(=O)(=O)c1c(N)nsc1NC(C)C1CCCCC1. The van der Waals surface area contributed by atoms with Gasteiger partial charge < -0.3 is 11.1 Å². The average Bonchev–Trinajstić information content (AvgIpc) is 2.81. The van der Waals surface area contributed by atoms with Gasteiger partial charge in [0.25, 0.3) is 0 Å². The van der Waals surface area contributed by atoms with Gasteiger partial charge in [0.05, 0.1) is 5.75 Å². The molecule has 1 aliphatic carbocycles. The number of hydrogen-bond acceptors (Lipinski definition) is 6. The Bertz CT molecular complexity index is 563. The number of nitrogens with zero attached hydrogens (tertiary/aromatic N) is 1. The zero-order valence-electron chi connectivity index (χ0n) is 12.8. The van der Waals surface area contributed by atoms with Gasteiger partial charge >= 0.3 is 0 Å². The number of nitrogens with two attached hydrogens (primary N) is 1. The van der Waals surface area contributed by atoms with Crippen LogP contribution in [0.4, 0.5) is 10.8 Å². The van der Waals surface area contributed by atoms with Gasteiger partial charge in [-0.3, -0.25) is 0 Å². The number of aromatic nitrogens is 1. The molecule has 1 aliphatic rings. The monoisotopic (exact) mass is 331 g/mol. The third-order valence-corrected chi connectivity index (χ3v) is 7.08. The number of hydrogen-bond donors (Lipinski definition) is 2. The lowest BCUT2D eigenvalue weighted by molar-refractivity contribution is 0.328. The van der Waals surface area contributed by atoms with E-state index in [1.54, 1.807) is 0 Å². The molecule has 0 amide bonds. The van der Waals surface area contributed by atoms with Gasteiger partial charge in [0.15, 0.2) is 15.7 Å². The molecule has 1 unspecified atom stereocenters. The van der Waals surface area contributed by atoms with Crippen LogP contribution in [0.25, 0.3) is 0 Å². The Morgan fingerprint density at radius 1 is 1.38 bits per heavy atom. The van der Waals surface area contributed by atoms with Crippen molar-refractivity contribution in [2.45, 2.75) is 63.3 Å². The molecule has 1 heterocycles. The van der Waals surface area contributed by atoms with Crippen LogP contribution in [-0.4, -0.2) is 24.6 Å². The highest BCUT2D eigenvalue weighted by Gasteiger charge is 2.27. The second-order valence-corrected chi connectivity index (χ2v) is 8.70. The van der Waals surface area contributed by atoms with E-state index in [1.807, 2.05) is 6.92 Å². The third-order valence-electron chi connectivity index (χ3n) is 4.17. The first-order valence-corrected chi connectivity index (χ1v) is 10.1. The molecule has 3 N–H and O–H groups in total. The van der Waals surface area contributed by atoms with E-state index in [0.29, 0.717) is 17.3 Å². The van der Waals surface area contributed by atoms with Gasteiger partial charge in [0.2, 0.25) is 0 Å². The Morgan fingerprint density at radius 2 is 2.05 bits per heavy atom. The van der Waals surface area contributed by atoms with Crippen molar-refractivity contribution < 1.29 is 8.42 Å². The van der Waals surface area contributed by atoms with Gasteiger partial charge in [0.1, 0.15) is 9.90 Å². The van der Waals surface area contributed by atoms with Gasteiger partial charge in [-0.1, -0.05) is 26.2 Å². The number of nitrogens with one attached hydrogen (secondary N) is 1. The summed E-state index contributed by atoms with van der Waals surface area (Å²) in [5, 5.41) is 3.97. The largest absolute Gasteiger partial charge is 0.382 e. The summed E-state index contributed by atoms with van der Waals surface area (Å²) in [6.07, 6.45) is 6.84. The Morgan fingerprint density at radius 3 is 2.67 bits per heavy atom. The summed E-state index contributed by atoms with van der Waals surface area (Å²) in [5.41, 5.74) is 5.79. The molecule has 0 radical (unpaired) electrons. The fourth-order valence-corrected chi connectivity index (χ4v) is 5.72. The zero-order chi connectivity index (χ0) is 15.5. The van der Waals surface area contributed by atoms with Crippen molar-refractivity contribution in [1.82, 2.24) is 4.37 Å². The maximum atomic E-state index is 12.3. The quantitative estimate of drug-likeness (QED) is 0.835. The molecule has 1 saturated carbocycles. The molecular weight excluding hydrogens is 306 g/mol. The average molecular weight is 332 g/mol. The van der Waals surface area contributed by atoms with Gasteiger partial charge in [-0.05, 0) is 43.6 Å². The van der Waals surface area contributed by atoms with Crippen molar-refractivity contribution in [2.75, 3.05) is 16.8 Å². The molecule has 0 spiro atoms. The minimum atomic E-state index is -3.34. The highest BCUT2D eigenvalue weighted by Crippen LogP contribution is 2.35. The minimum Gasteiger partial charge on any atom is -0.382 e. The van der Waals surface area contributed by atoms with E-state index < -0.39 is 9.84 Å². The first-order chi connectivity index (χ1) is 9.95. The van der Waals surface area contributed by atoms with E-state index in [4.69, 9.17) is 5.73 Å². The lowest BCUT2D eigenvalue weighted by atomic mass is 9.84. The van der Waals surface area contributed by atoms with Crippen LogP contribution in [0.1, 0.15) is 52.4 Å². The topological polar surface area (TPSA) is 85.1 Å². The summed E-state index contributed by atoms with van der Waals surface area (Å²) < 4.78 is 28.7. The molecular formula is C14H25N3O2S2. The Hall–Kier alpha value is -0.820. The number of nitrogen functional groups attached to an aromatic ring is 1. The summed E-state index contributed by atoms with van der Waals surface area (Å²) in [6, 6.07) is 0.251. The molecule has 21 heavy (non-hydrogen) atoms. The molecule has 7 heteroatoms. The number of rotatable bonds is 6.